The van der Waals surface area contributed by atoms with Crippen LogP contribution in [0.15, 0.2) is 30.5 Å². The molecule has 0 spiro atoms. The first-order chi connectivity index (χ1) is 10.2. The Kier molecular flexibility index (Phi) is 6.08. The van der Waals surface area contributed by atoms with E-state index in [1.165, 1.54) is 10.9 Å². The molecule has 1 aromatic heterocycles. The van der Waals surface area contributed by atoms with Crippen LogP contribution in [-0.2, 0) is 11.3 Å². The van der Waals surface area contributed by atoms with E-state index >= 15 is 0 Å². The van der Waals surface area contributed by atoms with Gasteiger partial charge in [0.15, 0.2) is 0 Å². The molecule has 1 unspecified atom stereocenters. The molecule has 2 aromatic rings. The molecule has 4 heteroatoms. The van der Waals surface area contributed by atoms with Gasteiger partial charge in [-0.25, -0.2) is 0 Å². The number of ether oxygens (including phenoxy) is 2. The van der Waals surface area contributed by atoms with E-state index in [4.69, 9.17) is 9.47 Å². The first-order valence-electron chi connectivity index (χ1n) is 7.68. The predicted octanol–water partition coefficient (Wildman–Crippen LogP) is 3.05. The number of methoxy groups -OCH3 is 1. The van der Waals surface area contributed by atoms with Crippen LogP contribution in [0, 0.1) is 0 Å². The Hall–Kier alpha value is -1.52. The molecule has 0 saturated carbocycles. The quantitative estimate of drug-likeness (QED) is 0.771. The zero-order valence-electron chi connectivity index (χ0n) is 13.3. The van der Waals surface area contributed by atoms with E-state index in [-0.39, 0.29) is 0 Å². The number of aromatic nitrogens is 1. The lowest BCUT2D eigenvalue weighted by Crippen LogP contribution is -2.32. The van der Waals surface area contributed by atoms with Crippen molar-refractivity contribution in [3.05, 3.63) is 30.5 Å². The molecule has 1 heterocycles. The van der Waals surface area contributed by atoms with Crippen molar-refractivity contribution in [1.82, 2.24) is 9.88 Å². The van der Waals surface area contributed by atoms with E-state index in [0.29, 0.717) is 6.04 Å². The maximum atomic E-state index is 5.68. The number of nitrogens with one attached hydrogen (secondary N) is 1. The summed E-state index contributed by atoms with van der Waals surface area (Å²) in [7, 11) is 1.73. The summed E-state index contributed by atoms with van der Waals surface area (Å²) >= 11 is 0. The Morgan fingerprint density at radius 1 is 1.29 bits per heavy atom. The van der Waals surface area contributed by atoms with Crippen LogP contribution in [0.5, 0.6) is 5.75 Å². The molecule has 4 nitrogen and oxygen atoms in total. The Morgan fingerprint density at radius 3 is 2.90 bits per heavy atom. The number of hydrogen-bond acceptors (Lipinski definition) is 3. The third-order valence-electron chi connectivity index (χ3n) is 3.48. The number of nitrogens with zero attached hydrogens (tertiary/aromatic N) is 1. The molecular formula is C17H26N2O2. The van der Waals surface area contributed by atoms with Gasteiger partial charge in [0, 0.05) is 43.3 Å². The third-order valence-corrected chi connectivity index (χ3v) is 3.48. The first kappa shape index (κ1) is 15.9. The molecule has 1 aromatic carbocycles. The molecule has 0 aliphatic heterocycles. The lowest BCUT2D eigenvalue weighted by Gasteiger charge is -2.13. The van der Waals surface area contributed by atoms with Crippen LogP contribution < -0.4 is 10.1 Å². The van der Waals surface area contributed by atoms with Gasteiger partial charge < -0.3 is 19.4 Å². The van der Waals surface area contributed by atoms with E-state index in [2.05, 4.69) is 54.2 Å². The summed E-state index contributed by atoms with van der Waals surface area (Å²) in [5.74, 6) is 0.953. The van der Waals surface area contributed by atoms with E-state index in [0.717, 1.165) is 38.5 Å². The lowest BCUT2D eigenvalue weighted by molar-refractivity contribution is 0.172. The van der Waals surface area contributed by atoms with E-state index in [9.17, 15) is 0 Å². The van der Waals surface area contributed by atoms with Crippen LogP contribution in [0.25, 0.3) is 10.9 Å². The van der Waals surface area contributed by atoms with Gasteiger partial charge in [-0.15, -0.1) is 0 Å². The number of hydrogen-bond donors (Lipinski definition) is 1. The highest BCUT2D eigenvalue weighted by Gasteiger charge is 2.04. The molecule has 1 atom stereocenters. The maximum absolute atomic E-state index is 5.68. The van der Waals surface area contributed by atoms with Crippen molar-refractivity contribution in [2.24, 2.45) is 0 Å². The summed E-state index contributed by atoms with van der Waals surface area (Å²) in [4.78, 5) is 0. The summed E-state index contributed by atoms with van der Waals surface area (Å²) in [6, 6.07) is 8.83. The van der Waals surface area contributed by atoms with Gasteiger partial charge in [-0.3, -0.25) is 0 Å². The van der Waals surface area contributed by atoms with Crippen LogP contribution in [-0.4, -0.2) is 37.5 Å². The fraction of sp³-hybridized carbons (Fsp3) is 0.529. The van der Waals surface area contributed by atoms with Gasteiger partial charge >= 0.3 is 0 Å². The van der Waals surface area contributed by atoms with Crippen LogP contribution in [0.3, 0.4) is 0 Å². The fourth-order valence-corrected chi connectivity index (χ4v) is 2.42. The maximum Gasteiger partial charge on any atom is 0.120 e. The summed E-state index contributed by atoms with van der Waals surface area (Å²) < 4.78 is 13.1. The minimum atomic E-state index is 0.380. The second kappa shape index (κ2) is 8.05. The highest BCUT2D eigenvalue weighted by atomic mass is 16.5. The average molecular weight is 290 g/mol. The topological polar surface area (TPSA) is 35.4 Å². The van der Waals surface area contributed by atoms with Crippen molar-refractivity contribution in [2.45, 2.75) is 32.9 Å². The standard InChI is InChI=1S/C17H26N2O2/c1-4-11-21-16-5-6-17-15(12-16)7-9-19(17)10-8-18-14(2)13-20-3/h5-7,9,12,14,18H,4,8,10-11,13H2,1-3H3. The monoisotopic (exact) mass is 290 g/mol. The SMILES string of the molecule is CCCOc1ccc2c(ccn2CCNC(C)COC)c1. The van der Waals surface area contributed by atoms with E-state index in [1.54, 1.807) is 7.11 Å². The summed E-state index contributed by atoms with van der Waals surface area (Å²) in [6.07, 6.45) is 3.17. The average Bonchev–Trinajstić information content (AvgIpc) is 2.88. The van der Waals surface area contributed by atoms with E-state index < -0.39 is 0 Å². The number of rotatable bonds is 9. The second-order valence-corrected chi connectivity index (χ2v) is 5.39. The van der Waals surface area contributed by atoms with Crippen LogP contribution in [0.4, 0.5) is 0 Å². The molecule has 0 saturated heterocycles. The van der Waals surface area contributed by atoms with Gasteiger partial charge in [-0.05, 0) is 37.6 Å². The van der Waals surface area contributed by atoms with Crippen LogP contribution in [0.1, 0.15) is 20.3 Å². The Bertz CT molecular complexity index is 551. The van der Waals surface area contributed by atoms with Gasteiger partial charge in [-0.1, -0.05) is 6.92 Å². The Balaban J connectivity index is 1.95. The number of fused-ring (bicyclic) bond motifs is 1. The molecule has 116 valence electrons. The van der Waals surface area contributed by atoms with Crippen LogP contribution in [0.2, 0.25) is 0 Å². The Labute approximate surface area is 127 Å². The molecule has 21 heavy (non-hydrogen) atoms. The molecule has 0 amide bonds. The molecule has 0 radical (unpaired) electrons. The summed E-state index contributed by atoms with van der Waals surface area (Å²) in [5, 5.41) is 4.69. The molecule has 0 bridgehead atoms. The molecule has 0 aliphatic carbocycles. The van der Waals surface area contributed by atoms with Crippen molar-refractivity contribution in [3.63, 3.8) is 0 Å². The van der Waals surface area contributed by atoms with Crippen molar-refractivity contribution < 1.29 is 9.47 Å². The second-order valence-electron chi connectivity index (χ2n) is 5.39. The zero-order chi connectivity index (χ0) is 15.1. The highest BCUT2D eigenvalue weighted by molar-refractivity contribution is 5.81. The van der Waals surface area contributed by atoms with Gasteiger partial charge in [0.1, 0.15) is 5.75 Å². The molecule has 1 N–H and O–H groups in total. The molecule has 0 aliphatic rings. The fourth-order valence-electron chi connectivity index (χ4n) is 2.42. The summed E-state index contributed by atoms with van der Waals surface area (Å²) in [6.45, 7) is 7.65. The van der Waals surface area contributed by atoms with Crippen molar-refractivity contribution >= 4 is 10.9 Å². The van der Waals surface area contributed by atoms with Crippen molar-refractivity contribution in [1.29, 1.82) is 0 Å². The normalized spacial score (nSPS) is 12.7. The number of benzene rings is 1. The summed E-state index contributed by atoms with van der Waals surface area (Å²) in [5.41, 5.74) is 1.25. The zero-order valence-corrected chi connectivity index (χ0v) is 13.3. The van der Waals surface area contributed by atoms with Gasteiger partial charge in [0.05, 0.1) is 13.2 Å². The van der Waals surface area contributed by atoms with Crippen molar-refractivity contribution in [3.8, 4) is 5.75 Å². The molecule has 2 rings (SSSR count). The Morgan fingerprint density at radius 2 is 2.14 bits per heavy atom. The first-order valence-corrected chi connectivity index (χ1v) is 7.68. The van der Waals surface area contributed by atoms with Gasteiger partial charge in [0.2, 0.25) is 0 Å². The van der Waals surface area contributed by atoms with Crippen molar-refractivity contribution in [2.75, 3.05) is 26.9 Å². The smallest absolute Gasteiger partial charge is 0.120 e. The highest BCUT2D eigenvalue weighted by Crippen LogP contribution is 2.22. The largest absolute Gasteiger partial charge is 0.494 e. The minimum absolute atomic E-state index is 0.380. The minimum Gasteiger partial charge on any atom is -0.494 e. The molecule has 0 fully saturated rings. The van der Waals surface area contributed by atoms with Crippen LogP contribution >= 0.6 is 0 Å². The van der Waals surface area contributed by atoms with Gasteiger partial charge in [0.25, 0.3) is 0 Å². The third kappa shape index (κ3) is 4.48. The van der Waals surface area contributed by atoms with E-state index in [1.807, 2.05) is 0 Å². The molecular weight excluding hydrogens is 264 g/mol. The van der Waals surface area contributed by atoms with Gasteiger partial charge in [-0.2, -0.15) is 0 Å². The lowest BCUT2D eigenvalue weighted by atomic mass is 10.2. The predicted molar refractivity (Wildman–Crippen MR) is 87.1 cm³/mol.